The van der Waals surface area contributed by atoms with Gasteiger partial charge in [-0.3, -0.25) is 9.59 Å². The third-order valence-corrected chi connectivity index (χ3v) is 3.19. The second-order valence-corrected chi connectivity index (χ2v) is 5.20. The van der Waals surface area contributed by atoms with Crippen molar-refractivity contribution in [3.63, 3.8) is 0 Å². The van der Waals surface area contributed by atoms with Gasteiger partial charge in [0.1, 0.15) is 5.54 Å². The molecule has 19 heavy (non-hydrogen) atoms. The molecule has 104 valence electrons. The molecule has 1 aromatic carbocycles. The van der Waals surface area contributed by atoms with E-state index in [4.69, 9.17) is 11.5 Å². The molecule has 0 saturated heterocycles. The van der Waals surface area contributed by atoms with E-state index in [1.54, 1.807) is 20.8 Å². The second kappa shape index (κ2) is 5.84. The Bertz CT molecular complexity index is 457. The summed E-state index contributed by atoms with van der Waals surface area (Å²) in [6.45, 7) is 4.85. The van der Waals surface area contributed by atoms with Crippen molar-refractivity contribution in [2.75, 3.05) is 0 Å². The van der Waals surface area contributed by atoms with Crippen molar-refractivity contribution in [1.82, 2.24) is 5.32 Å². The van der Waals surface area contributed by atoms with E-state index < -0.39 is 23.4 Å². The average molecular weight is 263 g/mol. The van der Waals surface area contributed by atoms with Crippen LogP contribution >= 0.6 is 0 Å². The second-order valence-electron chi connectivity index (χ2n) is 5.20. The first-order chi connectivity index (χ1) is 8.75. The maximum Gasteiger partial charge on any atom is 0.242 e. The Hall–Kier alpha value is -1.88. The molecule has 0 spiro atoms. The summed E-state index contributed by atoms with van der Waals surface area (Å²) in [4.78, 5) is 23.3. The standard InChI is InChI=1S/C14H21N3O2/c1-9(11(15)10-7-5-4-6-8-10)12(18)17-14(2,3)13(16)19/h4-9,11H,15H2,1-3H3,(H2,16,19)(H,17,18). The molecule has 0 saturated carbocycles. The average Bonchev–Trinajstić information content (AvgIpc) is 2.37. The van der Waals surface area contributed by atoms with E-state index in [2.05, 4.69) is 5.32 Å². The Kier molecular flexibility index (Phi) is 4.67. The zero-order valence-electron chi connectivity index (χ0n) is 11.5. The lowest BCUT2D eigenvalue weighted by molar-refractivity contribution is -0.132. The van der Waals surface area contributed by atoms with Gasteiger partial charge in [0.15, 0.2) is 0 Å². The fraction of sp³-hybridized carbons (Fsp3) is 0.429. The molecule has 5 N–H and O–H groups in total. The number of hydrogen-bond donors (Lipinski definition) is 3. The van der Waals surface area contributed by atoms with Gasteiger partial charge in [0.25, 0.3) is 0 Å². The van der Waals surface area contributed by atoms with E-state index >= 15 is 0 Å². The Morgan fingerprint density at radius 3 is 2.21 bits per heavy atom. The number of rotatable bonds is 5. The summed E-state index contributed by atoms with van der Waals surface area (Å²) in [7, 11) is 0. The van der Waals surface area contributed by atoms with Gasteiger partial charge in [-0.15, -0.1) is 0 Å². The molecule has 0 aliphatic carbocycles. The number of carbonyl (C=O) groups excluding carboxylic acids is 2. The molecular weight excluding hydrogens is 242 g/mol. The lowest BCUT2D eigenvalue weighted by atomic mass is 9.93. The monoisotopic (exact) mass is 263 g/mol. The van der Waals surface area contributed by atoms with Crippen LogP contribution in [0.2, 0.25) is 0 Å². The topological polar surface area (TPSA) is 98.2 Å². The third-order valence-electron chi connectivity index (χ3n) is 3.19. The predicted octanol–water partition coefficient (Wildman–Crippen LogP) is 0.703. The first-order valence-electron chi connectivity index (χ1n) is 6.18. The van der Waals surface area contributed by atoms with Crippen LogP contribution in [0.25, 0.3) is 0 Å². The van der Waals surface area contributed by atoms with Gasteiger partial charge in [-0.1, -0.05) is 37.3 Å². The van der Waals surface area contributed by atoms with Crippen LogP contribution in [0.15, 0.2) is 30.3 Å². The van der Waals surface area contributed by atoms with E-state index in [9.17, 15) is 9.59 Å². The number of nitrogens with one attached hydrogen (secondary N) is 1. The summed E-state index contributed by atoms with van der Waals surface area (Å²) in [6.07, 6.45) is 0. The van der Waals surface area contributed by atoms with Crippen LogP contribution in [0.3, 0.4) is 0 Å². The maximum atomic E-state index is 12.1. The quantitative estimate of drug-likeness (QED) is 0.729. The van der Waals surface area contributed by atoms with Crippen molar-refractivity contribution < 1.29 is 9.59 Å². The van der Waals surface area contributed by atoms with Gasteiger partial charge in [0.2, 0.25) is 11.8 Å². The normalized spacial score (nSPS) is 14.5. The van der Waals surface area contributed by atoms with Crippen LogP contribution in [0.5, 0.6) is 0 Å². The Morgan fingerprint density at radius 1 is 1.21 bits per heavy atom. The third kappa shape index (κ3) is 3.79. The van der Waals surface area contributed by atoms with Crippen LogP contribution in [-0.4, -0.2) is 17.4 Å². The smallest absolute Gasteiger partial charge is 0.242 e. The van der Waals surface area contributed by atoms with Crippen molar-refractivity contribution in [3.05, 3.63) is 35.9 Å². The van der Waals surface area contributed by atoms with Crippen LogP contribution in [0, 0.1) is 5.92 Å². The maximum absolute atomic E-state index is 12.1. The molecule has 0 heterocycles. The van der Waals surface area contributed by atoms with Gasteiger partial charge >= 0.3 is 0 Å². The number of primary amides is 1. The Labute approximate surface area is 113 Å². The summed E-state index contributed by atoms with van der Waals surface area (Å²) in [5.74, 6) is -1.33. The van der Waals surface area contributed by atoms with E-state index in [0.717, 1.165) is 5.56 Å². The van der Waals surface area contributed by atoms with Gasteiger partial charge in [0, 0.05) is 6.04 Å². The lowest BCUT2D eigenvalue weighted by Gasteiger charge is -2.27. The SMILES string of the molecule is CC(C(=O)NC(C)(C)C(N)=O)C(N)c1ccccc1. The molecule has 0 aliphatic heterocycles. The van der Waals surface area contributed by atoms with Gasteiger partial charge in [0.05, 0.1) is 5.92 Å². The number of benzene rings is 1. The minimum atomic E-state index is -1.08. The fourth-order valence-electron chi connectivity index (χ4n) is 1.61. The first kappa shape index (κ1) is 15.2. The summed E-state index contributed by atoms with van der Waals surface area (Å²) in [5, 5.41) is 2.61. The molecule has 0 radical (unpaired) electrons. The highest BCUT2D eigenvalue weighted by Gasteiger charge is 2.31. The minimum Gasteiger partial charge on any atom is -0.368 e. The highest BCUT2D eigenvalue weighted by molar-refractivity contribution is 5.90. The molecule has 5 heteroatoms. The molecule has 2 atom stereocenters. The van der Waals surface area contributed by atoms with Crippen molar-refractivity contribution in [3.8, 4) is 0 Å². The van der Waals surface area contributed by atoms with Gasteiger partial charge in [-0.25, -0.2) is 0 Å². The fourth-order valence-corrected chi connectivity index (χ4v) is 1.61. The van der Waals surface area contributed by atoms with E-state index in [1.165, 1.54) is 0 Å². The van der Waals surface area contributed by atoms with E-state index in [1.807, 2.05) is 30.3 Å². The van der Waals surface area contributed by atoms with Gasteiger partial charge in [-0.2, -0.15) is 0 Å². The largest absolute Gasteiger partial charge is 0.368 e. The van der Waals surface area contributed by atoms with Crippen LogP contribution in [-0.2, 0) is 9.59 Å². The molecule has 0 bridgehead atoms. The zero-order chi connectivity index (χ0) is 14.6. The highest BCUT2D eigenvalue weighted by atomic mass is 16.2. The van der Waals surface area contributed by atoms with Crippen LogP contribution in [0.1, 0.15) is 32.4 Å². The molecule has 1 aromatic rings. The van der Waals surface area contributed by atoms with Gasteiger partial charge in [-0.05, 0) is 19.4 Å². The molecule has 2 amide bonds. The minimum absolute atomic E-state index is 0.292. The summed E-state index contributed by atoms with van der Waals surface area (Å²) >= 11 is 0. The van der Waals surface area contributed by atoms with Crippen LogP contribution < -0.4 is 16.8 Å². The first-order valence-corrected chi connectivity index (χ1v) is 6.18. The van der Waals surface area contributed by atoms with E-state index in [0.29, 0.717) is 0 Å². The molecular formula is C14H21N3O2. The van der Waals surface area contributed by atoms with Crippen molar-refractivity contribution in [2.24, 2.45) is 17.4 Å². The highest BCUT2D eigenvalue weighted by Crippen LogP contribution is 2.19. The zero-order valence-corrected chi connectivity index (χ0v) is 11.5. The molecule has 2 unspecified atom stereocenters. The van der Waals surface area contributed by atoms with Crippen molar-refractivity contribution in [2.45, 2.75) is 32.4 Å². The Balaban J connectivity index is 2.75. The number of amides is 2. The molecule has 1 rings (SSSR count). The lowest BCUT2D eigenvalue weighted by Crippen LogP contribution is -2.55. The summed E-state index contributed by atoms with van der Waals surface area (Å²) < 4.78 is 0. The molecule has 0 fully saturated rings. The van der Waals surface area contributed by atoms with E-state index in [-0.39, 0.29) is 5.91 Å². The van der Waals surface area contributed by atoms with Crippen molar-refractivity contribution in [1.29, 1.82) is 0 Å². The molecule has 0 aliphatic rings. The van der Waals surface area contributed by atoms with Crippen LogP contribution in [0.4, 0.5) is 0 Å². The molecule has 5 nitrogen and oxygen atoms in total. The number of hydrogen-bond acceptors (Lipinski definition) is 3. The summed E-state index contributed by atoms with van der Waals surface area (Å²) in [6, 6.07) is 8.93. The summed E-state index contributed by atoms with van der Waals surface area (Å²) in [5.41, 5.74) is 11.1. The van der Waals surface area contributed by atoms with Crippen molar-refractivity contribution >= 4 is 11.8 Å². The van der Waals surface area contributed by atoms with Gasteiger partial charge < -0.3 is 16.8 Å². The molecule has 0 aromatic heterocycles. The number of nitrogens with two attached hydrogens (primary N) is 2. The predicted molar refractivity (Wildman–Crippen MR) is 74.0 cm³/mol. The number of carbonyl (C=O) groups is 2. The Morgan fingerprint density at radius 2 is 1.74 bits per heavy atom.